The molecule has 0 aromatic heterocycles. The van der Waals surface area contributed by atoms with Crippen molar-refractivity contribution in [2.24, 2.45) is 5.92 Å². The first-order valence-electron chi connectivity index (χ1n) is 10.4. The average molecular weight is 427 g/mol. The number of hydrogen-bond acceptors (Lipinski definition) is 5. The fourth-order valence-corrected chi connectivity index (χ4v) is 4.45. The predicted octanol–water partition coefficient (Wildman–Crippen LogP) is 3.82. The van der Waals surface area contributed by atoms with Crippen molar-refractivity contribution in [3.8, 4) is 11.5 Å². The largest absolute Gasteiger partial charge is 0.490 e. The second-order valence-corrected chi connectivity index (χ2v) is 8.51. The predicted molar refractivity (Wildman–Crippen MR) is 117 cm³/mol. The van der Waals surface area contributed by atoms with Gasteiger partial charge in [0.2, 0.25) is 11.8 Å². The van der Waals surface area contributed by atoms with E-state index in [1.807, 2.05) is 53.4 Å². The molecule has 6 nitrogen and oxygen atoms in total. The Morgan fingerprint density at radius 3 is 2.50 bits per heavy atom. The molecule has 0 aliphatic carbocycles. The van der Waals surface area contributed by atoms with E-state index >= 15 is 0 Å². The Labute approximate surface area is 180 Å². The zero-order chi connectivity index (χ0) is 20.8. The number of ether oxygens (including phenoxy) is 2. The van der Waals surface area contributed by atoms with Gasteiger partial charge in [0, 0.05) is 36.0 Å². The van der Waals surface area contributed by atoms with E-state index < -0.39 is 0 Å². The highest BCUT2D eigenvalue weighted by atomic mass is 32.2. The van der Waals surface area contributed by atoms with Crippen molar-refractivity contribution in [2.75, 3.05) is 37.4 Å². The first kappa shape index (κ1) is 20.6. The van der Waals surface area contributed by atoms with E-state index in [-0.39, 0.29) is 17.7 Å². The molecule has 2 aromatic carbocycles. The molecule has 2 aliphatic rings. The highest BCUT2D eigenvalue weighted by Gasteiger charge is 2.27. The van der Waals surface area contributed by atoms with Gasteiger partial charge in [-0.2, -0.15) is 0 Å². The van der Waals surface area contributed by atoms with E-state index in [0.29, 0.717) is 44.9 Å². The van der Waals surface area contributed by atoms with E-state index in [9.17, 15) is 9.59 Å². The molecule has 30 heavy (non-hydrogen) atoms. The summed E-state index contributed by atoms with van der Waals surface area (Å²) in [5, 5.41) is 2.96. The number of carbonyl (C=O) groups excluding carboxylic acids is 2. The molecule has 2 aromatic rings. The minimum atomic E-state index is -0.0522. The summed E-state index contributed by atoms with van der Waals surface area (Å²) in [5.41, 5.74) is 0.813. The molecule has 1 fully saturated rings. The van der Waals surface area contributed by atoms with Gasteiger partial charge in [0.1, 0.15) is 0 Å². The van der Waals surface area contributed by atoms with Gasteiger partial charge in [-0.1, -0.05) is 18.2 Å². The zero-order valence-electron chi connectivity index (χ0n) is 16.8. The Kier molecular flexibility index (Phi) is 6.79. The highest BCUT2D eigenvalue weighted by Crippen LogP contribution is 2.34. The van der Waals surface area contributed by atoms with Crippen LogP contribution in [0.4, 0.5) is 5.69 Å². The number of rotatable bonds is 5. The number of para-hydroxylation sites is 1. The van der Waals surface area contributed by atoms with Gasteiger partial charge in [-0.3, -0.25) is 9.59 Å². The molecular weight excluding hydrogens is 400 g/mol. The van der Waals surface area contributed by atoms with Crippen LogP contribution in [-0.2, 0) is 9.59 Å². The van der Waals surface area contributed by atoms with Gasteiger partial charge in [0.05, 0.1) is 19.0 Å². The second-order valence-electron chi connectivity index (χ2n) is 7.46. The summed E-state index contributed by atoms with van der Waals surface area (Å²) in [4.78, 5) is 27.9. The summed E-state index contributed by atoms with van der Waals surface area (Å²) in [6.45, 7) is 2.55. The molecule has 0 bridgehead atoms. The molecule has 2 aliphatic heterocycles. The van der Waals surface area contributed by atoms with Crippen LogP contribution < -0.4 is 14.8 Å². The number of thioether (sulfide) groups is 1. The summed E-state index contributed by atoms with van der Waals surface area (Å²) >= 11 is 1.50. The Morgan fingerprint density at radius 2 is 1.73 bits per heavy atom. The van der Waals surface area contributed by atoms with Crippen molar-refractivity contribution >= 4 is 29.3 Å². The second kappa shape index (κ2) is 9.89. The molecule has 0 spiro atoms. The molecule has 7 heteroatoms. The van der Waals surface area contributed by atoms with Gasteiger partial charge < -0.3 is 19.7 Å². The maximum Gasteiger partial charge on any atom is 0.232 e. The molecule has 1 N–H and O–H groups in total. The van der Waals surface area contributed by atoms with Gasteiger partial charge in [0.25, 0.3) is 0 Å². The number of nitrogens with zero attached hydrogens (tertiary/aromatic N) is 1. The lowest BCUT2D eigenvalue weighted by Gasteiger charge is -2.31. The van der Waals surface area contributed by atoms with Crippen LogP contribution in [0, 0.1) is 5.92 Å². The lowest BCUT2D eigenvalue weighted by Crippen LogP contribution is -2.42. The van der Waals surface area contributed by atoms with Crippen molar-refractivity contribution in [2.45, 2.75) is 24.2 Å². The van der Waals surface area contributed by atoms with E-state index in [0.717, 1.165) is 28.5 Å². The Balaban J connectivity index is 1.24. The molecule has 4 rings (SSSR count). The molecule has 158 valence electrons. The maximum atomic E-state index is 12.6. The monoisotopic (exact) mass is 426 g/mol. The van der Waals surface area contributed by atoms with Crippen LogP contribution in [0.1, 0.15) is 19.3 Å². The summed E-state index contributed by atoms with van der Waals surface area (Å²) in [6, 6.07) is 15.3. The quantitative estimate of drug-likeness (QED) is 0.737. The third-order valence-electron chi connectivity index (χ3n) is 5.34. The molecule has 0 saturated carbocycles. The fourth-order valence-electron chi connectivity index (χ4n) is 3.63. The van der Waals surface area contributed by atoms with Gasteiger partial charge in [-0.25, -0.2) is 0 Å². The van der Waals surface area contributed by atoms with Crippen molar-refractivity contribution in [1.82, 2.24) is 4.90 Å². The van der Waals surface area contributed by atoms with Crippen LogP contribution in [0.15, 0.2) is 53.4 Å². The summed E-state index contributed by atoms with van der Waals surface area (Å²) in [7, 11) is 0. The summed E-state index contributed by atoms with van der Waals surface area (Å²) in [5.74, 6) is 1.97. The van der Waals surface area contributed by atoms with Gasteiger partial charge in [-0.15, -0.1) is 11.8 Å². The molecule has 0 unspecified atom stereocenters. The lowest BCUT2D eigenvalue weighted by molar-refractivity contribution is -0.132. The van der Waals surface area contributed by atoms with E-state index in [1.54, 1.807) is 0 Å². The number of likely N-dealkylation sites (tertiary alicyclic amines) is 1. The number of anilines is 1. The fraction of sp³-hybridized carbons (Fsp3) is 0.391. The Hall–Kier alpha value is -2.67. The maximum absolute atomic E-state index is 12.6. The first-order valence-corrected chi connectivity index (χ1v) is 11.3. The Morgan fingerprint density at radius 1 is 1.00 bits per heavy atom. The normalized spacial score (nSPS) is 16.6. The standard InChI is InChI=1S/C23H26N2O4S/c26-22(16-30-19-7-8-20-21(15-19)29-14-4-13-28-20)25-11-9-17(10-12-25)23(27)24-18-5-2-1-3-6-18/h1-3,5-8,15,17H,4,9-14,16H2,(H,24,27). The van der Waals surface area contributed by atoms with Crippen molar-refractivity contribution in [1.29, 1.82) is 0 Å². The smallest absolute Gasteiger partial charge is 0.232 e. The van der Waals surface area contributed by atoms with E-state index in [1.165, 1.54) is 11.8 Å². The number of fused-ring (bicyclic) bond motifs is 1. The van der Waals surface area contributed by atoms with Gasteiger partial charge >= 0.3 is 0 Å². The number of nitrogens with one attached hydrogen (secondary N) is 1. The SMILES string of the molecule is O=C(Nc1ccccc1)C1CCN(C(=O)CSc2ccc3c(c2)OCCCO3)CC1. The minimum Gasteiger partial charge on any atom is -0.490 e. The third kappa shape index (κ3) is 5.27. The van der Waals surface area contributed by atoms with Crippen LogP contribution in [-0.4, -0.2) is 48.8 Å². The van der Waals surface area contributed by atoms with Crippen LogP contribution in [0.25, 0.3) is 0 Å². The van der Waals surface area contributed by atoms with Crippen LogP contribution in [0.3, 0.4) is 0 Å². The number of carbonyl (C=O) groups is 2. The summed E-state index contributed by atoms with van der Waals surface area (Å²) < 4.78 is 11.4. The highest BCUT2D eigenvalue weighted by molar-refractivity contribution is 8.00. The van der Waals surface area contributed by atoms with Gasteiger partial charge in [0.15, 0.2) is 11.5 Å². The number of amides is 2. The average Bonchev–Trinajstić information content (AvgIpc) is 3.03. The van der Waals surface area contributed by atoms with Crippen LogP contribution >= 0.6 is 11.8 Å². The molecule has 2 heterocycles. The number of piperidine rings is 1. The first-order chi connectivity index (χ1) is 14.7. The lowest BCUT2D eigenvalue weighted by atomic mass is 9.96. The topological polar surface area (TPSA) is 67.9 Å². The zero-order valence-corrected chi connectivity index (χ0v) is 17.7. The van der Waals surface area contributed by atoms with Crippen molar-refractivity contribution in [3.63, 3.8) is 0 Å². The summed E-state index contributed by atoms with van der Waals surface area (Å²) in [6.07, 6.45) is 2.26. The van der Waals surface area contributed by atoms with Crippen molar-refractivity contribution in [3.05, 3.63) is 48.5 Å². The third-order valence-corrected chi connectivity index (χ3v) is 6.32. The van der Waals surface area contributed by atoms with Crippen molar-refractivity contribution < 1.29 is 19.1 Å². The van der Waals surface area contributed by atoms with E-state index in [2.05, 4.69) is 5.32 Å². The van der Waals surface area contributed by atoms with Crippen LogP contribution in [0.5, 0.6) is 11.5 Å². The molecule has 0 radical (unpaired) electrons. The van der Waals surface area contributed by atoms with Crippen LogP contribution in [0.2, 0.25) is 0 Å². The molecule has 1 saturated heterocycles. The minimum absolute atomic E-state index is 0.0369. The van der Waals surface area contributed by atoms with E-state index in [4.69, 9.17) is 9.47 Å². The molecule has 2 amide bonds. The Bertz CT molecular complexity index is 882. The molecule has 0 atom stereocenters. The van der Waals surface area contributed by atoms with Gasteiger partial charge in [-0.05, 0) is 43.2 Å². The number of hydrogen-bond donors (Lipinski definition) is 1. The molecular formula is C23H26N2O4S. The number of benzene rings is 2.